The number of phenols is 1. The molecule has 1 N–H and O–H groups in total. The molecule has 2 nitrogen and oxygen atoms in total. The molecule has 32 heavy (non-hydrogen) atoms. The van der Waals surface area contributed by atoms with E-state index >= 15 is 0 Å². The second-order valence-electron chi connectivity index (χ2n) is 9.77. The van der Waals surface area contributed by atoms with Crippen LogP contribution in [0.4, 0.5) is 13.2 Å². The van der Waals surface area contributed by atoms with E-state index in [2.05, 4.69) is 4.98 Å². The molecule has 0 radical (unpaired) electrons. The Morgan fingerprint density at radius 1 is 0.844 bits per heavy atom. The number of hydrogen-bond acceptors (Lipinski definition) is 3. The van der Waals surface area contributed by atoms with Crippen molar-refractivity contribution in [1.29, 1.82) is 0 Å². The van der Waals surface area contributed by atoms with Crippen LogP contribution in [0.25, 0.3) is 21.8 Å². The van der Waals surface area contributed by atoms with Crippen molar-refractivity contribution in [3.63, 3.8) is 0 Å². The number of halogens is 5. The largest absolute Gasteiger partial charge is 0.507 e. The minimum absolute atomic E-state index is 0.109. The first-order chi connectivity index (χ1) is 14.5. The lowest BCUT2D eigenvalue weighted by Crippen LogP contribution is -2.17. The van der Waals surface area contributed by atoms with Crippen molar-refractivity contribution in [2.24, 2.45) is 0 Å². The molecule has 1 aromatic heterocycles. The van der Waals surface area contributed by atoms with Gasteiger partial charge in [0.1, 0.15) is 10.8 Å². The minimum atomic E-state index is -4.54. The van der Waals surface area contributed by atoms with Gasteiger partial charge in [0, 0.05) is 27.6 Å². The summed E-state index contributed by atoms with van der Waals surface area (Å²) in [6, 6.07) is 5.53. The number of aromatic hydroxyl groups is 1. The number of phenolic OH excluding ortho intramolecular Hbond substituents is 1. The van der Waals surface area contributed by atoms with Gasteiger partial charge in [-0.2, -0.15) is 13.2 Å². The molecular weight excluding hydrogens is 478 g/mol. The Labute approximate surface area is 200 Å². The monoisotopic (exact) mass is 501 g/mol. The standard InChI is InChI=1S/C24H24Cl2F3NOS/c1-22(2,3)14-7-12(8-15(20(14)31)23(4,5)6)18-11-32-21(30-18)19-16(25)9-13(10-17(19)26)24(27,28)29/h7-11,31H,1-6H3. The summed E-state index contributed by atoms with van der Waals surface area (Å²) in [5.41, 5.74) is 1.77. The molecule has 1 heterocycles. The number of aromatic nitrogens is 1. The molecule has 3 aromatic rings. The summed E-state index contributed by atoms with van der Waals surface area (Å²) in [5, 5.41) is 12.9. The lowest BCUT2D eigenvalue weighted by atomic mass is 9.78. The van der Waals surface area contributed by atoms with Gasteiger partial charge in [-0.05, 0) is 35.1 Å². The van der Waals surface area contributed by atoms with Gasteiger partial charge in [0.05, 0.1) is 21.3 Å². The molecule has 0 bridgehead atoms. The molecule has 0 saturated heterocycles. The molecule has 0 saturated carbocycles. The van der Waals surface area contributed by atoms with Crippen LogP contribution in [0, 0.1) is 0 Å². The topological polar surface area (TPSA) is 33.1 Å². The zero-order valence-corrected chi connectivity index (χ0v) is 20.9. The highest BCUT2D eigenvalue weighted by molar-refractivity contribution is 7.13. The van der Waals surface area contributed by atoms with E-state index in [1.807, 2.05) is 59.1 Å². The van der Waals surface area contributed by atoms with E-state index in [9.17, 15) is 18.3 Å². The predicted molar refractivity (Wildman–Crippen MR) is 127 cm³/mol. The highest BCUT2D eigenvalue weighted by Crippen LogP contribution is 2.45. The number of nitrogens with zero attached hydrogens (tertiary/aromatic N) is 1. The molecule has 0 amide bonds. The molecule has 0 aliphatic heterocycles. The van der Waals surface area contributed by atoms with Crippen LogP contribution >= 0.6 is 34.5 Å². The molecule has 0 aliphatic carbocycles. The summed E-state index contributed by atoms with van der Waals surface area (Å²) in [7, 11) is 0. The molecule has 0 aliphatic rings. The highest BCUT2D eigenvalue weighted by atomic mass is 35.5. The minimum Gasteiger partial charge on any atom is -0.507 e. The third-order valence-electron chi connectivity index (χ3n) is 5.11. The van der Waals surface area contributed by atoms with Crippen LogP contribution in [0.1, 0.15) is 58.2 Å². The van der Waals surface area contributed by atoms with E-state index in [0.29, 0.717) is 10.7 Å². The first kappa shape index (κ1) is 24.9. The fourth-order valence-corrected chi connectivity index (χ4v) is 5.07. The van der Waals surface area contributed by atoms with E-state index in [-0.39, 0.29) is 32.2 Å². The van der Waals surface area contributed by atoms with Gasteiger partial charge in [-0.1, -0.05) is 64.7 Å². The Morgan fingerprint density at radius 3 is 1.72 bits per heavy atom. The maximum atomic E-state index is 13.1. The van der Waals surface area contributed by atoms with Gasteiger partial charge in [0.15, 0.2) is 0 Å². The van der Waals surface area contributed by atoms with Crippen LogP contribution < -0.4 is 0 Å². The van der Waals surface area contributed by atoms with Crippen molar-refractivity contribution in [2.45, 2.75) is 58.5 Å². The van der Waals surface area contributed by atoms with E-state index < -0.39 is 11.7 Å². The van der Waals surface area contributed by atoms with Crippen molar-refractivity contribution in [3.8, 4) is 27.6 Å². The van der Waals surface area contributed by atoms with Gasteiger partial charge in [-0.25, -0.2) is 4.98 Å². The lowest BCUT2D eigenvalue weighted by Gasteiger charge is -2.28. The molecule has 2 aromatic carbocycles. The molecule has 0 atom stereocenters. The van der Waals surface area contributed by atoms with Crippen LogP contribution in [0.5, 0.6) is 5.75 Å². The number of alkyl halides is 3. The molecular formula is C24H24Cl2F3NOS. The number of rotatable bonds is 2. The molecule has 0 fully saturated rings. The Kier molecular flexibility index (Phi) is 6.39. The summed E-state index contributed by atoms with van der Waals surface area (Å²) >= 11 is 13.6. The van der Waals surface area contributed by atoms with Gasteiger partial charge in [0.2, 0.25) is 0 Å². The van der Waals surface area contributed by atoms with Gasteiger partial charge in [-0.15, -0.1) is 11.3 Å². The highest BCUT2D eigenvalue weighted by Gasteiger charge is 2.32. The maximum absolute atomic E-state index is 13.1. The fourth-order valence-electron chi connectivity index (χ4n) is 3.39. The van der Waals surface area contributed by atoms with Gasteiger partial charge >= 0.3 is 6.18 Å². The number of hydrogen-bond donors (Lipinski definition) is 1. The summed E-state index contributed by atoms with van der Waals surface area (Å²) in [5.74, 6) is 0.262. The SMILES string of the molecule is CC(C)(C)c1cc(-c2csc(-c3c(Cl)cc(C(F)(F)F)cc3Cl)n2)cc(C(C)(C)C)c1O. The Bertz CT molecular complexity index is 1110. The third-order valence-corrected chi connectivity index (χ3v) is 6.57. The second-order valence-corrected chi connectivity index (χ2v) is 11.4. The van der Waals surface area contributed by atoms with Crippen molar-refractivity contribution in [1.82, 2.24) is 4.98 Å². The normalized spacial score (nSPS) is 13.0. The van der Waals surface area contributed by atoms with Crippen molar-refractivity contribution >= 4 is 34.5 Å². The summed E-state index contributed by atoms with van der Waals surface area (Å²) in [6.45, 7) is 12.1. The van der Waals surface area contributed by atoms with E-state index in [0.717, 1.165) is 28.8 Å². The fraction of sp³-hybridized carbons (Fsp3) is 0.375. The first-order valence-corrected chi connectivity index (χ1v) is 11.5. The average Bonchev–Trinajstić information content (AvgIpc) is 3.08. The molecule has 3 rings (SSSR count). The van der Waals surface area contributed by atoms with Crippen molar-refractivity contribution in [2.75, 3.05) is 0 Å². The lowest BCUT2D eigenvalue weighted by molar-refractivity contribution is -0.137. The van der Waals surface area contributed by atoms with Crippen molar-refractivity contribution < 1.29 is 18.3 Å². The summed E-state index contributed by atoms with van der Waals surface area (Å²) in [4.78, 5) is 4.63. The van der Waals surface area contributed by atoms with E-state index in [1.54, 1.807) is 0 Å². The van der Waals surface area contributed by atoms with Crippen LogP contribution in [0.3, 0.4) is 0 Å². The quantitative estimate of drug-likeness (QED) is 0.379. The van der Waals surface area contributed by atoms with Crippen LogP contribution in [-0.2, 0) is 17.0 Å². The van der Waals surface area contributed by atoms with E-state index in [1.165, 1.54) is 11.3 Å². The zero-order valence-electron chi connectivity index (χ0n) is 18.6. The van der Waals surface area contributed by atoms with Crippen molar-refractivity contribution in [3.05, 3.63) is 56.4 Å². The zero-order chi connectivity index (χ0) is 24.2. The second kappa shape index (κ2) is 8.23. The van der Waals surface area contributed by atoms with Crippen LogP contribution in [0.15, 0.2) is 29.6 Å². The van der Waals surface area contributed by atoms with Gasteiger partial charge in [-0.3, -0.25) is 0 Å². The smallest absolute Gasteiger partial charge is 0.416 e. The predicted octanol–water partition coefficient (Wildman–Crippen LogP) is 9.10. The van der Waals surface area contributed by atoms with E-state index in [4.69, 9.17) is 23.2 Å². The molecule has 0 unspecified atom stereocenters. The maximum Gasteiger partial charge on any atom is 0.416 e. The molecule has 0 spiro atoms. The number of benzene rings is 2. The van der Waals surface area contributed by atoms with Crippen LogP contribution in [0.2, 0.25) is 10.0 Å². The Balaban J connectivity index is 2.16. The average molecular weight is 502 g/mol. The number of thiazole rings is 1. The Hall–Kier alpha value is -1.76. The van der Waals surface area contributed by atoms with Gasteiger partial charge in [0.25, 0.3) is 0 Å². The first-order valence-electron chi connectivity index (χ1n) is 9.90. The van der Waals surface area contributed by atoms with Gasteiger partial charge < -0.3 is 5.11 Å². The van der Waals surface area contributed by atoms with Crippen LogP contribution in [-0.4, -0.2) is 10.1 Å². The summed E-state index contributed by atoms with van der Waals surface area (Å²) in [6.07, 6.45) is -4.54. The Morgan fingerprint density at radius 2 is 1.31 bits per heavy atom. The molecule has 172 valence electrons. The molecule has 8 heteroatoms. The summed E-state index contributed by atoms with van der Waals surface area (Å²) < 4.78 is 39.2. The third kappa shape index (κ3) is 4.92.